The van der Waals surface area contributed by atoms with Gasteiger partial charge in [0.05, 0.1) is 0 Å². The van der Waals surface area contributed by atoms with Gasteiger partial charge >= 0.3 is 31.1 Å². The average Bonchev–Trinajstić information content (AvgIpc) is 1.35. The van der Waals surface area contributed by atoms with Crippen LogP contribution in [0, 0.1) is 58.3 Å². The van der Waals surface area contributed by atoms with E-state index in [1.807, 2.05) is 0 Å². The molecule has 0 aromatic rings. The van der Waals surface area contributed by atoms with Gasteiger partial charge in [-0.05, 0) is 0 Å². The second-order valence-corrected chi connectivity index (χ2v) is 1.65. The van der Waals surface area contributed by atoms with Gasteiger partial charge < -0.3 is 27.2 Å². The summed E-state index contributed by atoms with van der Waals surface area (Å²) in [6.45, 7) is 9.58. The van der Waals surface area contributed by atoms with Crippen LogP contribution < -0.4 is 0 Å². The largest absolute Gasteiger partial charge is 2.00 e. The van der Waals surface area contributed by atoms with Crippen molar-refractivity contribution < 1.29 is 49.7 Å². The van der Waals surface area contributed by atoms with E-state index in [-0.39, 0.29) is 57.1 Å². The van der Waals surface area contributed by atoms with Gasteiger partial charge in [-0.3, -0.25) is 0 Å². The Balaban J connectivity index is -0.0000000417. The van der Waals surface area contributed by atoms with E-state index in [0.717, 1.165) is 6.42 Å². The minimum absolute atomic E-state index is 0. The van der Waals surface area contributed by atoms with Gasteiger partial charge in [-0.2, -0.15) is 0 Å². The van der Waals surface area contributed by atoms with Gasteiger partial charge in [0.15, 0.2) is 0 Å². The van der Waals surface area contributed by atoms with Gasteiger partial charge in [-0.1, -0.05) is 13.3 Å². The Labute approximate surface area is 95.8 Å². The van der Waals surface area contributed by atoms with Crippen molar-refractivity contribution in [2.75, 3.05) is 0 Å². The minimum Gasteiger partial charge on any atom is -0.370 e. The summed E-state index contributed by atoms with van der Waals surface area (Å²) in [7, 11) is 0. The molecule has 9 heavy (non-hydrogen) atoms. The summed E-state index contributed by atoms with van der Waals surface area (Å²) < 4.78 is 0. The first-order valence-electron chi connectivity index (χ1n) is 2.43. The van der Waals surface area contributed by atoms with Crippen molar-refractivity contribution in [1.29, 1.82) is 0 Å². The fourth-order valence-electron chi connectivity index (χ4n) is 0.408. The molecule has 0 unspecified atom stereocenters. The summed E-state index contributed by atoms with van der Waals surface area (Å²) in [6, 6.07) is 0. The Morgan fingerprint density at radius 3 is 1.67 bits per heavy atom. The summed E-state index contributed by atoms with van der Waals surface area (Å²) in [6.07, 6.45) is 2.36. The zero-order valence-corrected chi connectivity index (χ0v) is 11.9. The van der Waals surface area contributed by atoms with E-state index in [4.69, 9.17) is 0 Å². The molecule has 0 atom stereocenters. The molecule has 0 amide bonds. The van der Waals surface area contributed by atoms with Gasteiger partial charge in [0.25, 0.3) is 0 Å². The van der Waals surface area contributed by atoms with Gasteiger partial charge in [-0.25, -0.2) is 0 Å². The Morgan fingerprint density at radius 1 is 1.33 bits per heavy atom. The first-order chi connectivity index (χ1) is 2.77. The molecule has 0 bridgehead atoms. The second-order valence-electron chi connectivity index (χ2n) is 1.65. The van der Waals surface area contributed by atoms with Crippen molar-refractivity contribution in [3.05, 3.63) is 21.3 Å². The summed E-state index contributed by atoms with van der Waals surface area (Å²) in [5, 5.41) is 0. The molecule has 1 radical (unpaired) electrons. The van der Waals surface area contributed by atoms with E-state index in [1.165, 1.54) is 6.42 Å². The monoisotopic (exact) mass is 388 g/mol. The van der Waals surface area contributed by atoms with E-state index in [1.54, 1.807) is 0 Å². The maximum atomic E-state index is 3.72. The molecular formula is C7H15UV-. The molecule has 0 aliphatic heterocycles. The first-order valence-corrected chi connectivity index (χ1v) is 2.43. The van der Waals surface area contributed by atoms with Crippen LogP contribution in [0.5, 0.6) is 0 Å². The van der Waals surface area contributed by atoms with Crippen molar-refractivity contribution in [2.45, 2.75) is 19.8 Å². The van der Waals surface area contributed by atoms with Crippen LogP contribution in [0.2, 0.25) is 0 Å². The quantitative estimate of drug-likeness (QED) is 0.638. The molecule has 0 aliphatic carbocycles. The fourth-order valence-corrected chi connectivity index (χ4v) is 0.408. The maximum absolute atomic E-state index is 3.72. The Morgan fingerprint density at radius 2 is 1.67 bits per heavy atom. The van der Waals surface area contributed by atoms with E-state index < -0.39 is 0 Å². The van der Waals surface area contributed by atoms with Crippen molar-refractivity contribution in [3.8, 4) is 0 Å². The molecule has 0 rings (SSSR count). The van der Waals surface area contributed by atoms with Crippen LogP contribution >= 0.6 is 0 Å². The van der Waals surface area contributed by atoms with Gasteiger partial charge in [0.1, 0.15) is 0 Å². The SMILES string of the molecule is [CH2-]C([CH2-])CCC.[CH3-].[U+2].[V]. The van der Waals surface area contributed by atoms with Gasteiger partial charge in [-0.15, -0.1) is 6.42 Å². The first kappa shape index (κ1) is 22.4. The predicted octanol–water partition coefficient (Wildman–Crippen LogP) is 2.52. The molecule has 0 saturated heterocycles. The molecule has 0 nitrogen and oxygen atoms in total. The van der Waals surface area contributed by atoms with Crippen LogP contribution in [0.4, 0.5) is 0 Å². The number of hydrogen-bond acceptors (Lipinski definition) is 0. The summed E-state index contributed by atoms with van der Waals surface area (Å²) in [4.78, 5) is 0. The molecule has 2 heteroatoms. The zero-order valence-electron chi connectivity index (χ0n) is 6.35. The van der Waals surface area contributed by atoms with Crippen LogP contribution in [-0.4, -0.2) is 0 Å². The van der Waals surface area contributed by atoms with Crippen LogP contribution in [0.25, 0.3) is 0 Å². The standard InChI is InChI=1S/C6H12.CH3.U.V/c1-4-5-6(2)3;;;/h6H,2-5H2,1H3;1H3;;/q-2;-1;+2;. The minimum atomic E-state index is 0. The molecule has 0 aromatic heterocycles. The number of rotatable bonds is 2. The van der Waals surface area contributed by atoms with Crippen molar-refractivity contribution in [1.82, 2.24) is 0 Å². The molecule has 0 saturated carbocycles. The summed E-state index contributed by atoms with van der Waals surface area (Å²) in [5.41, 5.74) is 0. The van der Waals surface area contributed by atoms with E-state index in [2.05, 4.69) is 20.8 Å². The maximum Gasteiger partial charge on any atom is 2.00 e. The zero-order chi connectivity index (χ0) is 4.99. The van der Waals surface area contributed by atoms with Crippen molar-refractivity contribution in [2.24, 2.45) is 5.92 Å². The fraction of sp³-hybridized carbons (Fsp3) is 0.571. The summed E-state index contributed by atoms with van der Waals surface area (Å²) >= 11 is 0. The molecule has 0 aromatic carbocycles. The van der Waals surface area contributed by atoms with Crippen LogP contribution in [-0.2, 0) is 18.6 Å². The van der Waals surface area contributed by atoms with Crippen molar-refractivity contribution >= 4 is 0 Å². The average molecular weight is 388 g/mol. The van der Waals surface area contributed by atoms with Gasteiger partial charge in [0.2, 0.25) is 0 Å². The molecule has 0 heterocycles. The van der Waals surface area contributed by atoms with Crippen LogP contribution in [0.3, 0.4) is 0 Å². The third kappa shape index (κ3) is 26.1. The van der Waals surface area contributed by atoms with E-state index in [0.29, 0.717) is 5.92 Å². The van der Waals surface area contributed by atoms with Crippen LogP contribution in [0.1, 0.15) is 19.8 Å². The second kappa shape index (κ2) is 16.3. The normalized spacial score (nSPS) is 6.67. The number of hydrogen-bond donors (Lipinski definition) is 0. The van der Waals surface area contributed by atoms with Crippen LogP contribution in [0.15, 0.2) is 0 Å². The Kier molecular flexibility index (Phi) is 40.7. The third-order valence-corrected chi connectivity index (χ3v) is 0.697. The molecule has 0 aliphatic rings. The van der Waals surface area contributed by atoms with Gasteiger partial charge in [0, 0.05) is 18.6 Å². The smallest absolute Gasteiger partial charge is 0.370 e. The third-order valence-electron chi connectivity index (χ3n) is 0.697. The molecule has 0 N–H and O–H groups in total. The Hall–Kier alpha value is 1.64. The molecule has 53 valence electrons. The van der Waals surface area contributed by atoms with Crippen molar-refractivity contribution in [3.63, 3.8) is 0 Å². The molecule has 0 fully saturated rings. The predicted molar refractivity (Wildman–Crippen MR) is 35.5 cm³/mol. The molecular weight excluding hydrogens is 373 g/mol. The van der Waals surface area contributed by atoms with E-state index >= 15 is 0 Å². The Bertz CT molecular complexity index is 30.1. The summed E-state index contributed by atoms with van der Waals surface area (Å²) in [5.74, 6) is 0.398. The molecule has 0 spiro atoms. The topological polar surface area (TPSA) is 0 Å². The van der Waals surface area contributed by atoms with E-state index in [9.17, 15) is 0 Å².